The summed E-state index contributed by atoms with van der Waals surface area (Å²) in [4.78, 5) is 36.6. The molecule has 1 saturated heterocycles. The van der Waals surface area contributed by atoms with Crippen LogP contribution >= 0.6 is 0 Å². The van der Waals surface area contributed by atoms with Crippen LogP contribution in [-0.4, -0.2) is 72.3 Å². The smallest absolute Gasteiger partial charge is 0.332 e. The lowest BCUT2D eigenvalue weighted by atomic mass is 9.81. The van der Waals surface area contributed by atoms with E-state index in [1.54, 1.807) is 20.8 Å². The van der Waals surface area contributed by atoms with E-state index in [9.17, 15) is 19.5 Å². The Labute approximate surface area is 147 Å². The van der Waals surface area contributed by atoms with Crippen molar-refractivity contribution >= 4 is 17.8 Å². The van der Waals surface area contributed by atoms with Crippen molar-refractivity contribution in [3.05, 3.63) is 0 Å². The molecular weight excluding hydrogens is 330 g/mol. The van der Waals surface area contributed by atoms with Crippen LogP contribution in [0.5, 0.6) is 0 Å². The topological polar surface area (TPSA) is 145 Å². The van der Waals surface area contributed by atoms with Crippen molar-refractivity contribution in [2.24, 2.45) is 16.9 Å². The number of primary amides is 1. The lowest BCUT2D eigenvalue weighted by molar-refractivity contribution is -0.149. The molecule has 5 N–H and O–H groups in total. The molecule has 25 heavy (non-hydrogen) atoms. The summed E-state index contributed by atoms with van der Waals surface area (Å²) in [5.74, 6) is -1.54. The van der Waals surface area contributed by atoms with E-state index in [4.69, 9.17) is 20.9 Å². The van der Waals surface area contributed by atoms with E-state index >= 15 is 0 Å². The van der Waals surface area contributed by atoms with E-state index < -0.39 is 41.4 Å². The molecule has 1 rings (SSSR count). The van der Waals surface area contributed by atoms with Gasteiger partial charge in [-0.3, -0.25) is 9.59 Å². The van der Waals surface area contributed by atoms with Gasteiger partial charge in [-0.1, -0.05) is 13.8 Å². The molecule has 0 aromatic carbocycles. The van der Waals surface area contributed by atoms with Crippen LogP contribution in [0.25, 0.3) is 0 Å². The first-order valence-electron chi connectivity index (χ1n) is 8.37. The predicted molar refractivity (Wildman–Crippen MR) is 89.1 cm³/mol. The minimum atomic E-state index is -0.897. The Bertz CT molecular complexity index is 496. The number of hydrogen-bond acceptors (Lipinski definition) is 7. The van der Waals surface area contributed by atoms with Gasteiger partial charge in [-0.15, -0.1) is 0 Å². The predicted octanol–water partition coefficient (Wildman–Crippen LogP) is -1.24. The summed E-state index contributed by atoms with van der Waals surface area (Å²) in [5, 5.41) is 9.72. The van der Waals surface area contributed by atoms with Crippen LogP contribution in [0.4, 0.5) is 0 Å². The number of amides is 2. The zero-order valence-corrected chi connectivity index (χ0v) is 15.1. The Morgan fingerprint density at radius 2 is 2.00 bits per heavy atom. The molecule has 0 aromatic heterocycles. The highest BCUT2D eigenvalue weighted by Gasteiger charge is 2.43. The third-order valence-corrected chi connectivity index (χ3v) is 4.41. The number of rotatable bonds is 9. The van der Waals surface area contributed by atoms with Gasteiger partial charge in [0.2, 0.25) is 11.8 Å². The molecule has 1 heterocycles. The molecule has 1 aliphatic rings. The van der Waals surface area contributed by atoms with Gasteiger partial charge in [-0.25, -0.2) is 4.79 Å². The fourth-order valence-corrected chi connectivity index (χ4v) is 2.69. The molecular formula is C16H29N3O6. The zero-order valence-electron chi connectivity index (χ0n) is 15.1. The van der Waals surface area contributed by atoms with Crippen LogP contribution in [0.15, 0.2) is 0 Å². The van der Waals surface area contributed by atoms with Crippen LogP contribution in [0.2, 0.25) is 0 Å². The third kappa shape index (κ3) is 5.94. The summed E-state index contributed by atoms with van der Waals surface area (Å²) in [5.41, 5.74) is 10.8. The first kappa shape index (κ1) is 21.3. The molecule has 0 radical (unpaired) electrons. The molecule has 3 atom stereocenters. The van der Waals surface area contributed by atoms with E-state index in [-0.39, 0.29) is 32.8 Å². The van der Waals surface area contributed by atoms with Gasteiger partial charge < -0.3 is 30.9 Å². The summed E-state index contributed by atoms with van der Waals surface area (Å²) in [6.07, 6.45) is -0.238. The van der Waals surface area contributed by atoms with Gasteiger partial charge in [-0.05, 0) is 18.8 Å². The van der Waals surface area contributed by atoms with Crippen LogP contribution in [-0.2, 0) is 23.9 Å². The highest BCUT2D eigenvalue weighted by Crippen LogP contribution is 2.28. The molecule has 1 aliphatic heterocycles. The molecule has 0 aliphatic carbocycles. The molecule has 0 aromatic rings. The molecule has 9 heteroatoms. The van der Waals surface area contributed by atoms with Crippen LogP contribution in [0.3, 0.4) is 0 Å². The maximum absolute atomic E-state index is 12.6. The molecule has 9 nitrogen and oxygen atoms in total. The number of β-amino-alcohol motifs (C(OH)–C–C–N with tert-alkyl or cyclic N) is 1. The van der Waals surface area contributed by atoms with Crippen molar-refractivity contribution in [3.63, 3.8) is 0 Å². The number of nitrogens with zero attached hydrogens (tertiary/aromatic N) is 1. The van der Waals surface area contributed by atoms with Crippen molar-refractivity contribution in [1.82, 2.24) is 4.90 Å². The van der Waals surface area contributed by atoms with Crippen LogP contribution < -0.4 is 11.5 Å². The van der Waals surface area contributed by atoms with E-state index in [1.807, 2.05) is 0 Å². The van der Waals surface area contributed by atoms with Gasteiger partial charge in [0.1, 0.15) is 12.6 Å². The Kier molecular flexibility index (Phi) is 7.78. The number of ether oxygens (including phenoxy) is 2. The lowest BCUT2D eigenvalue weighted by Crippen LogP contribution is -2.55. The SMILES string of the molecule is CCOC(=O)COCCC(C)(C)[C@@H](N)C(=O)N1C[C@H](O)C[C@H]1C(N)=O. The zero-order chi connectivity index (χ0) is 19.2. The van der Waals surface area contributed by atoms with Gasteiger partial charge >= 0.3 is 5.97 Å². The van der Waals surface area contributed by atoms with Gasteiger partial charge in [0.15, 0.2) is 0 Å². The second kappa shape index (κ2) is 9.12. The molecule has 144 valence electrons. The fourth-order valence-electron chi connectivity index (χ4n) is 2.69. The van der Waals surface area contributed by atoms with E-state index in [0.717, 1.165) is 0 Å². The number of hydrogen-bond donors (Lipinski definition) is 3. The number of aliphatic hydroxyl groups is 1. The molecule has 0 bridgehead atoms. The number of carbonyl (C=O) groups excluding carboxylic acids is 3. The molecule has 0 unspecified atom stereocenters. The van der Waals surface area contributed by atoms with E-state index in [0.29, 0.717) is 6.42 Å². The summed E-state index contributed by atoms with van der Waals surface area (Å²) >= 11 is 0. The Morgan fingerprint density at radius 1 is 1.36 bits per heavy atom. The summed E-state index contributed by atoms with van der Waals surface area (Å²) in [6, 6.07) is -1.74. The van der Waals surface area contributed by atoms with Gasteiger partial charge in [0.25, 0.3) is 0 Å². The summed E-state index contributed by atoms with van der Waals surface area (Å²) < 4.78 is 10.0. The molecule has 2 amide bonds. The van der Waals surface area contributed by atoms with E-state index in [1.165, 1.54) is 4.90 Å². The standard InChI is InChI=1S/C16H29N3O6/c1-4-25-12(21)9-24-6-5-16(2,3)13(17)15(23)19-8-10(20)7-11(19)14(18)22/h10-11,13,20H,4-9,17H2,1-3H3,(H2,18,22)/t10-,11+,13+/m1/s1. The fraction of sp³-hybridized carbons (Fsp3) is 0.812. The molecule has 0 spiro atoms. The normalized spacial score (nSPS) is 21.9. The van der Waals surface area contributed by atoms with Crippen molar-refractivity contribution in [3.8, 4) is 0 Å². The van der Waals surface area contributed by atoms with Gasteiger partial charge in [0.05, 0.1) is 18.8 Å². The second-order valence-corrected chi connectivity index (χ2v) is 6.87. The van der Waals surface area contributed by atoms with Crippen molar-refractivity contribution < 1.29 is 29.0 Å². The highest BCUT2D eigenvalue weighted by molar-refractivity contribution is 5.90. The number of carbonyl (C=O) groups is 3. The van der Waals surface area contributed by atoms with Crippen molar-refractivity contribution in [1.29, 1.82) is 0 Å². The molecule has 1 fully saturated rings. The first-order valence-corrected chi connectivity index (χ1v) is 8.37. The number of nitrogens with two attached hydrogens (primary N) is 2. The minimum absolute atomic E-state index is 0.0373. The minimum Gasteiger partial charge on any atom is -0.464 e. The van der Waals surface area contributed by atoms with Crippen LogP contribution in [0.1, 0.15) is 33.6 Å². The summed E-state index contributed by atoms with van der Waals surface area (Å²) in [7, 11) is 0. The quantitative estimate of drug-likeness (QED) is 0.345. The Balaban J connectivity index is 2.57. The molecule has 0 saturated carbocycles. The summed E-state index contributed by atoms with van der Waals surface area (Å²) in [6.45, 7) is 5.71. The number of likely N-dealkylation sites (tertiary alicyclic amines) is 1. The van der Waals surface area contributed by atoms with Gasteiger partial charge in [-0.2, -0.15) is 0 Å². The number of aliphatic hydroxyl groups excluding tert-OH is 1. The Hall–Kier alpha value is -1.71. The maximum atomic E-state index is 12.6. The monoisotopic (exact) mass is 359 g/mol. The lowest BCUT2D eigenvalue weighted by Gasteiger charge is -2.34. The largest absolute Gasteiger partial charge is 0.464 e. The average molecular weight is 359 g/mol. The van der Waals surface area contributed by atoms with Gasteiger partial charge in [0, 0.05) is 19.6 Å². The maximum Gasteiger partial charge on any atom is 0.332 e. The van der Waals surface area contributed by atoms with Crippen LogP contribution in [0, 0.1) is 5.41 Å². The highest BCUT2D eigenvalue weighted by atomic mass is 16.6. The van der Waals surface area contributed by atoms with Crippen molar-refractivity contribution in [2.45, 2.75) is 51.8 Å². The first-order chi connectivity index (χ1) is 11.6. The number of esters is 1. The second-order valence-electron chi connectivity index (χ2n) is 6.87. The van der Waals surface area contributed by atoms with Crippen molar-refractivity contribution in [2.75, 3.05) is 26.4 Å². The average Bonchev–Trinajstić information content (AvgIpc) is 2.92. The third-order valence-electron chi connectivity index (χ3n) is 4.41. The Morgan fingerprint density at radius 3 is 2.56 bits per heavy atom. The van der Waals surface area contributed by atoms with E-state index in [2.05, 4.69) is 0 Å².